The standard InChI is InChI=1S/C11H21NO/c1-8-9(2)12(11(3,4)5)7-6-10(8)13/h8-9H,6-7H2,1-5H3/p+1/t8-,9+/m1/s1. The van der Waals surface area contributed by atoms with E-state index in [1.807, 2.05) is 0 Å². The Morgan fingerprint density at radius 3 is 2.31 bits per heavy atom. The van der Waals surface area contributed by atoms with Crippen LogP contribution in [0.3, 0.4) is 0 Å². The predicted octanol–water partition coefficient (Wildman–Crippen LogP) is 0.667. The molecule has 1 heterocycles. The Morgan fingerprint density at radius 2 is 1.85 bits per heavy atom. The Hall–Kier alpha value is -0.370. The molecule has 1 unspecified atom stereocenters. The average Bonchev–Trinajstić information content (AvgIpc) is 1.98. The van der Waals surface area contributed by atoms with E-state index < -0.39 is 0 Å². The van der Waals surface area contributed by atoms with E-state index in [4.69, 9.17) is 0 Å². The van der Waals surface area contributed by atoms with Crippen LogP contribution in [-0.2, 0) is 4.79 Å². The fourth-order valence-electron chi connectivity index (χ4n) is 2.35. The maximum atomic E-state index is 11.5. The highest BCUT2D eigenvalue weighted by molar-refractivity contribution is 5.81. The first-order chi connectivity index (χ1) is 5.84. The van der Waals surface area contributed by atoms with Crippen molar-refractivity contribution < 1.29 is 9.69 Å². The number of ketones is 1. The molecule has 1 saturated heterocycles. The van der Waals surface area contributed by atoms with Gasteiger partial charge in [-0.05, 0) is 34.6 Å². The number of carbonyl (C=O) groups excluding carboxylic acids is 1. The highest BCUT2D eigenvalue weighted by atomic mass is 16.1. The number of likely N-dealkylation sites (tertiary alicyclic amines) is 1. The van der Waals surface area contributed by atoms with Gasteiger partial charge in [-0.2, -0.15) is 0 Å². The molecule has 0 aromatic rings. The lowest BCUT2D eigenvalue weighted by atomic mass is 9.87. The summed E-state index contributed by atoms with van der Waals surface area (Å²) in [6, 6.07) is 0.473. The van der Waals surface area contributed by atoms with Crippen molar-refractivity contribution in [2.24, 2.45) is 5.92 Å². The van der Waals surface area contributed by atoms with Gasteiger partial charge in [0.2, 0.25) is 0 Å². The maximum absolute atomic E-state index is 11.5. The monoisotopic (exact) mass is 184 g/mol. The molecule has 0 aromatic heterocycles. The fourth-order valence-corrected chi connectivity index (χ4v) is 2.35. The lowest BCUT2D eigenvalue weighted by Crippen LogP contribution is -3.23. The van der Waals surface area contributed by atoms with Gasteiger partial charge < -0.3 is 4.90 Å². The van der Waals surface area contributed by atoms with Crippen LogP contribution in [0.25, 0.3) is 0 Å². The van der Waals surface area contributed by atoms with Crippen molar-refractivity contribution >= 4 is 5.78 Å². The molecule has 1 aliphatic heterocycles. The van der Waals surface area contributed by atoms with E-state index in [1.54, 1.807) is 4.90 Å². The molecule has 1 fully saturated rings. The zero-order valence-corrected chi connectivity index (χ0v) is 9.48. The second-order valence-corrected chi connectivity index (χ2v) is 5.32. The van der Waals surface area contributed by atoms with Crippen molar-refractivity contribution in [3.63, 3.8) is 0 Å². The summed E-state index contributed by atoms with van der Waals surface area (Å²) in [5.41, 5.74) is 0.272. The van der Waals surface area contributed by atoms with Gasteiger partial charge in [-0.3, -0.25) is 4.79 Å². The number of hydrogen-bond acceptors (Lipinski definition) is 1. The summed E-state index contributed by atoms with van der Waals surface area (Å²) in [7, 11) is 0. The topological polar surface area (TPSA) is 21.5 Å². The summed E-state index contributed by atoms with van der Waals surface area (Å²) in [6.45, 7) is 12.0. The summed E-state index contributed by atoms with van der Waals surface area (Å²) < 4.78 is 0. The molecule has 1 rings (SSSR count). The minimum Gasteiger partial charge on any atom is -0.328 e. The van der Waals surface area contributed by atoms with Crippen LogP contribution >= 0.6 is 0 Å². The molecule has 0 radical (unpaired) electrons. The van der Waals surface area contributed by atoms with Crippen LogP contribution in [-0.4, -0.2) is 23.9 Å². The Bertz CT molecular complexity index is 205. The second-order valence-electron chi connectivity index (χ2n) is 5.32. The second kappa shape index (κ2) is 3.41. The van der Waals surface area contributed by atoms with Gasteiger partial charge in [0.15, 0.2) is 0 Å². The fraction of sp³-hybridized carbons (Fsp3) is 0.909. The first kappa shape index (κ1) is 10.7. The SMILES string of the molecule is C[C@H]1C(=O)CC[NH+](C(C)(C)C)[C@H]1C. The molecule has 0 saturated carbocycles. The minimum atomic E-state index is 0.239. The summed E-state index contributed by atoms with van der Waals surface area (Å²) in [4.78, 5) is 13.0. The van der Waals surface area contributed by atoms with E-state index >= 15 is 0 Å². The van der Waals surface area contributed by atoms with Crippen molar-refractivity contribution in [1.82, 2.24) is 0 Å². The number of carbonyl (C=O) groups is 1. The zero-order chi connectivity index (χ0) is 10.2. The van der Waals surface area contributed by atoms with Crippen molar-refractivity contribution in [2.75, 3.05) is 6.54 Å². The summed E-state index contributed by atoms with van der Waals surface area (Å²) in [6.07, 6.45) is 0.762. The third-order valence-electron chi connectivity index (χ3n) is 3.41. The van der Waals surface area contributed by atoms with Crippen molar-refractivity contribution in [3.8, 4) is 0 Å². The smallest absolute Gasteiger partial charge is 0.147 e. The first-order valence-corrected chi connectivity index (χ1v) is 5.23. The van der Waals surface area contributed by atoms with Gasteiger partial charge in [0.1, 0.15) is 5.78 Å². The van der Waals surface area contributed by atoms with Crippen LogP contribution in [0.15, 0.2) is 0 Å². The number of Topliss-reactive ketones (excluding diaryl/α,β-unsaturated/α-hetero) is 1. The van der Waals surface area contributed by atoms with Crippen LogP contribution in [0, 0.1) is 5.92 Å². The van der Waals surface area contributed by atoms with E-state index in [1.165, 1.54) is 0 Å². The lowest BCUT2D eigenvalue weighted by molar-refractivity contribution is -0.972. The molecule has 2 nitrogen and oxygen atoms in total. The molecule has 0 bridgehead atoms. The van der Waals surface area contributed by atoms with Gasteiger partial charge in [0.05, 0.1) is 30.5 Å². The molecule has 1 aliphatic rings. The van der Waals surface area contributed by atoms with Crippen molar-refractivity contribution in [3.05, 3.63) is 0 Å². The maximum Gasteiger partial charge on any atom is 0.147 e. The number of hydrogen-bond donors (Lipinski definition) is 1. The van der Waals surface area contributed by atoms with E-state index in [9.17, 15) is 4.79 Å². The third kappa shape index (κ3) is 2.11. The van der Waals surface area contributed by atoms with Gasteiger partial charge in [0.25, 0.3) is 0 Å². The van der Waals surface area contributed by atoms with Crippen LogP contribution in [0.5, 0.6) is 0 Å². The molecule has 2 heteroatoms. The zero-order valence-electron chi connectivity index (χ0n) is 9.48. The van der Waals surface area contributed by atoms with Gasteiger partial charge in [-0.15, -0.1) is 0 Å². The third-order valence-corrected chi connectivity index (χ3v) is 3.41. The Labute approximate surface area is 81.3 Å². The van der Waals surface area contributed by atoms with Crippen molar-refractivity contribution in [2.45, 2.75) is 52.6 Å². The van der Waals surface area contributed by atoms with Gasteiger partial charge in [-0.25, -0.2) is 0 Å². The molecule has 0 spiro atoms. The molecular weight excluding hydrogens is 162 g/mol. The van der Waals surface area contributed by atoms with E-state index in [-0.39, 0.29) is 11.5 Å². The minimum absolute atomic E-state index is 0.239. The number of piperidine rings is 1. The molecule has 0 aliphatic carbocycles. The number of nitrogens with one attached hydrogen (secondary N) is 1. The average molecular weight is 184 g/mol. The highest BCUT2D eigenvalue weighted by Crippen LogP contribution is 2.11. The summed E-state index contributed by atoms with van der Waals surface area (Å²) in [5, 5.41) is 0. The van der Waals surface area contributed by atoms with Gasteiger partial charge in [-0.1, -0.05) is 0 Å². The summed E-state index contributed by atoms with van der Waals surface area (Å²) in [5.74, 6) is 0.684. The number of quaternary nitrogens is 1. The van der Waals surface area contributed by atoms with Crippen molar-refractivity contribution in [1.29, 1.82) is 0 Å². The van der Waals surface area contributed by atoms with E-state index in [2.05, 4.69) is 34.6 Å². The first-order valence-electron chi connectivity index (χ1n) is 5.23. The molecule has 3 atom stereocenters. The summed E-state index contributed by atoms with van der Waals surface area (Å²) >= 11 is 0. The van der Waals surface area contributed by atoms with E-state index in [0.717, 1.165) is 13.0 Å². The van der Waals surface area contributed by atoms with Crippen LogP contribution in [0.1, 0.15) is 41.0 Å². The quantitative estimate of drug-likeness (QED) is 0.587. The molecule has 0 aromatic carbocycles. The molecule has 1 N–H and O–H groups in total. The lowest BCUT2D eigenvalue weighted by Gasteiger charge is -2.42. The Balaban J connectivity index is 2.75. The van der Waals surface area contributed by atoms with E-state index in [0.29, 0.717) is 11.8 Å². The number of rotatable bonds is 0. The van der Waals surface area contributed by atoms with Crippen LogP contribution < -0.4 is 4.90 Å². The largest absolute Gasteiger partial charge is 0.328 e. The van der Waals surface area contributed by atoms with Gasteiger partial charge in [0, 0.05) is 0 Å². The Morgan fingerprint density at radius 1 is 1.31 bits per heavy atom. The normalized spacial score (nSPS) is 36.4. The van der Waals surface area contributed by atoms with Crippen LogP contribution in [0.2, 0.25) is 0 Å². The van der Waals surface area contributed by atoms with Crippen LogP contribution in [0.4, 0.5) is 0 Å². The Kier molecular flexibility index (Phi) is 2.81. The highest BCUT2D eigenvalue weighted by Gasteiger charge is 2.39. The molecule has 0 amide bonds. The molecule has 76 valence electrons. The molecular formula is C11H22NO+. The molecule has 13 heavy (non-hydrogen) atoms. The van der Waals surface area contributed by atoms with Gasteiger partial charge >= 0.3 is 0 Å². The predicted molar refractivity (Wildman–Crippen MR) is 53.8 cm³/mol.